The van der Waals surface area contributed by atoms with Crippen molar-refractivity contribution >= 4 is 5.91 Å². The first-order chi connectivity index (χ1) is 10.2. The van der Waals surface area contributed by atoms with Gasteiger partial charge in [-0.3, -0.25) is 4.79 Å². The van der Waals surface area contributed by atoms with Crippen LogP contribution in [-0.2, 0) is 11.3 Å². The van der Waals surface area contributed by atoms with Crippen molar-refractivity contribution in [3.8, 4) is 0 Å². The van der Waals surface area contributed by atoms with E-state index in [4.69, 9.17) is 0 Å². The molecule has 1 aromatic rings. The third-order valence-corrected chi connectivity index (χ3v) is 4.92. The van der Waals surface area contributed by atoms with Crippen LogP contribution in [0.15, 0.2) is 24.3 Å². The van der Waals surface area contributed by atoms with Crippen LogP contribution in [0.2, 0.25) is 0 Å². The van der Waals surface area contributed by atoms with Crippen LogP contribution in [0.5, 0.6) is 0 Å². The zero-order chi connectivity index (χ0) is 14.8. The summed E-state index contributed by atoms with van der Waals surface area (Å²) in [5.74, 6) is 0.210. The van der Waals surface area contributed by atoms with E-state index in [1.54, 1.807) is 0 Å². The summed E-state index contributed by atoms with van der Waals surface area (Å²) in [4.78, 5) is 17.1. The molecule has 1 aromatic carbocycles. The summed E-state index contributed by atoms with van der Waals surface area (Å²) in [5.41, 5.74) is 2.46. The van der Waals surface area contributed by atoms with E-state index in [2.05, 4.69) is 29.4 Å². The summed E-state index contributed by atoms with van der Waals surface area (Å²) < 4.78 is 0. The van der Waals surface area contributed by atoms with E-state index in [1.165, 1.54) is 24.0 Å². The highest BCUT2D eigenvalue weighted by atomic mass is 16.2. The maximum Gasteiger partial charge on any atom is 0.231 e. The first-order valence-corrected chi connectivity index (χ1v) is 7.90. The van der Waals surface area contributed by atoms with E-state index in [1.807, 2.05) is 24.1 Å². The number of carbonyl (C=O) groups excluding carboxylic acids is 1. The van der Waals surface area contributed by atoms with Crippen molar-refractivity contribution in [3.63, 3.8) is 0 Å². The summed E-state index contributed by atoms with van der Waals surface area (Å²) in [7, 11) is 4.11. The zero-order valence-electron chi connectivity index (χ0n) is 13.0. The van der Waals surface area contributed by atoms with Crippen LogP contribution in [-0.4, -0.2) is 55.5 Å². The molecule has 1 saturated heterocycles. The SMILES string of the molecule is CN(CC1CCCN1C)C(=O)C1CNCc2ccccc21. The van der Waals surface area contributed by atoms with Crippen molar-refractivity contribution in [3.05, 3.63) is 35.4 Å². The Bertz CT molecular complexity index is 517. The molecule has 0 aliphatic carbocycles. The van der Waals surface area contributed by atoms with Crippen molar-refractivity contribution in [2.24, 2.45) is 0 Å². The maximum absolute atomic E-state index is 12.8. The highest BCUT2D eigenvalue weighted by Gasteiger charge is 2.30. The third-order valence-electron chi connectivity index (χ3n) is 4.92. The van der Waals surface area contributed by atoms with Crippen LogP contribution < -0.4 is 5.32 Å². The second-order valence-electron chi connectivity index (χ2n) is 6.38. The number of amides is 1. The molecule has 21 heavy (non-hydrogen) atoms. The summed E-state index contributed by atoms with van der Waals surface area (Å²) in [6.45, 7) is 3.62. The molecule has 0 bridgehead atoms. The predicted octanol–water partition coefficient (Wildman–Crippen LogP) is 1.43. The smallest absolute Gasteiger partial charge is 0.231 e. The van der Waals surface area contributed by atoms with Crippen LogP contribution in [0, 0.1) is 0 Å². The number of likely N-dealkylation sites (N-methyl/N-ethyl adjacent to an activating group) is 2. The van der Waals surface area contributed by atoms with E-state index < -0.39 is 0 Å². The maximum atomic E-state index is 12.8. The molecule has 4 heteroatoms. The molecule has 114 valence electrons. The van der Waals surface area contributed by atoms with Crippen molar-refractivity contribution in [2.75, 3.05) is 33.7 Å². The van der Waals surface area contributed by atoms with Crippen LogP contribution in [0.1, 0.15) is 29.9 Å². The second-order valence-corrected chi connectivity index (χ2v) is 6.38. The Morgan fingerprint density at radius 1 is 1.43 bits per heavy atom. The number of likely N-dealkylation sites (tertiary alicyclic amines) is 1. The van der Waals surface area contributed by atoms with Crippen LogP contribution in [0.3, 0.4) is 0 Å². The first kappa shape index (κ1) is 14.5. The Balaban J connectivity index is 1.70. The fraction of sp³-hybridized carbons (Fsp3) is 0.588. The van der Waals surface area contributed by atoms with Gasteiger partial charge in [-0.05, 0) is 37.6 Å². The number of nitrogens with one attached hydrogen (secondary N) is 1. The minimum Gasteiger partial charge on any atom is -0.344 e. The predicted molar refractivity (Wildman–Crippen MR) is 84.2 cm³/mol. The Hall–Kier alpha value is -1.39. The lowest BCUT2D eigenvalue weighted by molar-refractivity contribution is -0.132. The minimum atomic E-state index is -0.0355. The van der Waals surface area contributed by atoms with Gasteiger partial charge in [0.2, 0.25) is 5.91 Å². The van der Waals surface area contributed by atoms with Gasteiger partial charge in [0, 0.05) is 32.7 Å². The van der Waals surface area contributed by atoms with Gasteiger partial charge in [-0.15, -0.1) is 0 Å². The molecule has 2 unspecified atom stereocenters. The number of fused-ring (bicyclic) bond motifs is 1. The average molecular weight is 287 g/mol. The van der Waals surface area contributed by atoms with E-state index in [0.29, 0.717) is 6.04 Å². The summed E-state index contributed by atoms with van der Waals surface area (Å²) >= 11 is 0. The fourth-order valence-electron chi connectivity index (χ4n) is 3.60. The average Bonchev–Trinajstić information content (AvgIpc) is 2.91. The van der Waals surface area contributed by atoms with Crippen LogP contribution in [0.4, 0.5) is 0 Å². The zero-order valence-corrected chi connectivity index (χ0v) is 13.0. The first-order valence-electron chi connectivity index (χ1n) is 7.90. The molecular weight excluding hydrogens is 262 g/mol. The summed E-state index contributed by atoms with van der Waals surface area (Å²) in [6, 6.07) is 8.83. The van der Waals surface area contributed by atoms with Crippen molar-refractivity contribution in [2.45, 2.75) is 31.3 Å². The number of hydrogen-bond donors (Lipinski definition) is 1. The second kappa shape index (κ2) is 6.16. The summed E-state index contributed by atoms with van der Waals surface area (Å²) in [5, 5.41) is 3.37. The quantitative estimate of drug-likeness (QED) is 0.913. The van der Waals surface area contributed by atoms with Crippen molar-refractivity contribution in [1.29, 1.82) is 0 Å². The van der Waals surface area contributed by atoms with Gasteiger partial charge in [0.15, 0.2) is 0 Å². The van der Waals surface area contributed by atoms with Gasteiger partial charge in [0.05, 0.1) is 5.92 Å². The molecule has 0 radical (unpaired) electrons. The van der Waals surface area contributed by atoms with E-state index >= 15 is 0 Å². The molecule has 3 rings (SSSR count). The van der Waals surface area contributed by atoms with Crippen LogP contribution >= 0.6 is 0 Å². The molecular formula is C17H25N3O. The number of benzene rings is 1. The third kappa shape index (κ3) is 2.97. The normalized spacial score (nSPS) is 25.6. The highest BCUT2D eigenvalue weighted by molar-refractivity contribution is 5.84. The van der Waals surface area contributed by atoms with Gasteiger partial charge in [0.1, 0.15) is 0 Å². The summed E-state index contributed by atoms with van der Waals surface area (Å²) in [6.07, 6.45) is 2.45. The molecule has 1 N–H and O–H groups in total. The number of nitrogens with zero attached hydrogens (tertiary/aromatic N) is 2. The molecule has 0 spiro atoms. The molecule has 1 amide bonds. The molecule has 0 saturated carbocycles. The van der Waals surface area contributed by atoms with Gasteiger partial charge in [-0.1, -0.05) is 24.3 Å². The monoisotopic (exact) mass is 287 g/mol. The number of rotatable bonds is 3. The lowest BCUT2D eigenvalue weighted by Crippen LogP contribution is -2.44. The van der Waals surface area contributed by atoms with Gasteiger partial charge < -0.3 is 15.1 Å². The Kier molecular flexibility index (Phi) is 4.27. The lowest BCUT2D eigenvalue weighted by Gasteiger charge is -2.31. The standard InChI is InChI=1S/C17H25N3O/c1-19-9-5-7-14(19)12-20(2)17(21)16-11-18-10-13-6-3-4-8-15(13)16/h3-4,6,8,14,16,18H,5,7,9-12H2,1-2H3. The highest BCUT2D eigenvalue weighted by Crippen LogP contribution is 2.26. The molecule has 2 atom stereocenters. The van der Waals surface area contributed by atoms with Gasteiger partial charge in [-0.2, -0.15) is 0 Å². The minimum absolute atomic E-state index is 0.0355. The lowest BCUT2D eigenvalue weighted by atomic mass is 9.90. The number of carbonyl (C=O) groups is 1. The molecule has 2 aliphatic rings. The van der Waals surface area contributed by atoms with Crippen LogP contribution in [0.25, 0.3) is 0 Å². The van der Waals surface area contributed by atoms with Crippen molar-refractivity contribution < 1.29 is 4.79 Å². The molecule has 1 fully saturated rings. The fourth-order valence-corrected chi connectivity index (χ4v) is 3.60. The largest absolute Gasteiger partial charge is 0.344 e. The van der Waals surface area contributed by atoms with Gasteiger partial charge >= 0.3 is 0 Å². The van der Waals surface area contributed by atoms with E-state index in [9.17, 15) is 4.79 Å². The van der Waals surface area contributed by atoms with E-state index in [0.717, 1.165) is 26.2 Å². The Morgan fingerprint density at radius 3 is 3.00 bits per heavy atom. The Labute approximate surface area is 127 Å². The number of hydrogen-bond acceptors (Lipinski definition) is 3. The molecule has 0 aromatic heterocycles. The Morgan fingerprint density at radius 2 is 2.24 bits per heavy atom. The molecule has 2 heterocycles. The van der Waals surface area contributed by atoms with Gasteiger partial charge in [-0.25, -0.2) is 0 Å². The topological polar surface area (TPSA) is 35.6 Å². The van der Waals surface area contributed by atoms with Crippen molar-refractivity contribution in [1.82, 2.24) is 15.1 Å². The van der Waals surface area contributed by atoms with Gasteiger partial charge in [0.25, 0.3) is 0 Å². The molecule has 2 aliphatic heterocycles. The molecule has 4 nitrogen and oxygen atoms in total. The van der Waals surface area contributed by atoms with E-state index in [-0.39, 0.29) is 11.8 Å².